The van der Waals surface area contributed by atoms with Crippen LogP contribution in [0.25, 0.3) is 21.9 Å². The Morgan fingerprint density at radius 2 is 1.88 bits per heavy atom. The molecule has 0 amide bonds. The summed E-state index contributed by atoms with van der Waals surface area (Å²) in [5.41, 5.74) is 5.73. The van der Waals surface area contributed by atoms with E-state index in [2.05, 4.69) is 41.2 Å². The third-order valence-corrected chi connectivity index (χ3v) is 2.79. The number of nitrogens with zero attached hydrogens (tertiary/aromatic N) is 1. The van der Waals surface area contributed by atoms with Crippen LogP contribution >= 0.6 is 12.4 Å². The predicted octanol–water partition coefficient (Wildman–Crippen LogP) is 3.75. The van der Waals surface area contributed by atoms with Crippen molar-refractivity contribution in [3.8, 4) is 0 Å². The summed E-state index contributed by atoms with van der Waals surface area (Å²) in [6, 6.07) is 10.4. The fraction of sp³-hybridized carbons (Fsp3) is 0.154. The van der Waals surface area contributed by atoms with E-state index in [9.17, 15) is 0 Å². The Kier molecular flexibility index (Phi) is 2.60. The highest BCUT2D eigenvalue weighted by atomic mass is 35.5. The van der Waals surface area contributed by atoms with Gasteiger partial charge in [0.2, 0.25) is 0 Å². The first-order valence-corrected chi connectivity index (χ1v) is 5.10. The van der Waals surface area contributed by atoms with Crippen molar-refractivity contribution in [1.29, 1.82) is 0 Å². The molecule has 0 atom stereocenters. The molecule has 0 spiro atoms. The summed E-state index contributed by atoms with van der Waals surface area (Å²) in [6.45, 7) is 4.15. The first-order valence-electron chi connectivity index (χ1n) is 5.10. The first-order chi connectivity index (χ1) is 7.25. The lowest BCUT2D eigenvalue weighted by Crippen LogP contribution is -1.84. The molecule has 0 saturated heterocycles. The number of H-pyrrole nitrogens is 1. The zero-order valence-corrected chi connectivity index (χ0v) is 10.1. The number of aromatic nitrogens is 2. The number of para-hydroxylation sites is 1. The van der Waals surface area contributed by atoms with Gasteiger partial charge in [0.25, 0.3) is 0 Å². The minimum absolute atomic E-state index is 0. The third-order valence-electron chi connectivity index (χ3n) is 2.79. The number of halogens is 1. The molecule has 3 rings (SSSR count). The highest BCUT2D eigenvalue weighted by Crippen LogP contribution is 2.25. The van der Waals surface area contributed by atoms with Gasteiger partial charge in [0, 0.05) is 16.6 Å². The number of nitrogens with one attached hydrogen (secondary N) is 1. The van der Waals surface area contributed by atoms with Crippen LogP contribution in [0, 0.1) is 13.8 Å². The zero-order chi connectivity index (χ0) is 10.4. The number of hydrogen-bond acceptors (Lipinski definition) is 1. The summed E-state index contributed by atoms with van der Waals surface area (Å²) in [4.78, 5) is 8.00. The number of hydrogen-bond donors (Lipinski definition) is 1. The van der Waals surface area contributed by atoms with E-state index < -0.39 is 0 Å². The Balaban J connectivity index is 0.000000963. The van der Waals surface area contributed by atoms with Crippen LogP contribution in [0.2, 0.25) is 0 Å². The molecule has 0 unspecified atom stereocenters. The van der Waals surface area contributed by atoms with Gasteiger partial charge in [-0.15, -0.1) is 12.4 Å². The molecule has 16 heavy (non-hydrogen) atoms. The van der Waals surface area contributed by atoms with Gasteiger partial charge in [-0.05, 0) is 31.5 Å². The Hall–Kier alpha value is -1.54. The predicted molar refractivity (Wildman–Crippen MR) is 70.3 cm³/mol. The molecular formula is C13H13ClN2. The summed E-state index contributed by atoms with van der Waals surface area (Å²) in [5.74, 6) is 0. The van der Waals surface area contributed by atoms with Crippen LogP contribution in [0.5, 0.6) is 0 Å². The number of pyridine rings is 1. The van der Waals surface area contributed by atoms with Gasteiger partial charge in [-0.3, -0.25) is 4.98 Å². The van der Waals surface area contributed by atoms with Crippen LogP contribution in [0.4, 0.5) is 0 Å². The molecule has 2 aromatic heterocycles. The van der Waals surface area contributed by atoms with E-state index in [1.165, 1.54) is 10.9 Å². The Morgan fingerprint density at radius 3 is 2.69 bits per heavy atom. The van der Waals surface area contributed by atoms with Crippen molar-refractivity contribution < 1.29 is 0 Å². The van der Waals surface area contributed by atoms with Gasteiger partial charge in [-0.25, -0.2) is 0 Å². The van der Waals surface area contributed by atoms with E-state index in [4.69, 9.17) is 0 Å². The van der Waals surface area contributed by atoms with E-state index in [-0.39, 0.29) is 12.4 Å². The number of rotatable bonds is 0. The quantitative estimate of drug-likeness (QED) is 0.628. The van der Waals surface area contributed by atoms with E-state index >= 15 is 0 Å². The maximum absolute atomic E-state index is 4.59. The molecule has 0 radical (unpaired) electrons. The number of fused-ring (bicyclic) bond motifs is 3. The molecule has 3 aromatic rings. The zero-order valence-electron chi connectivity index (χ0n) is 9.24. The SMILES string of the molecule is Cc1cc(C)c2[nH]c3ccccc3c2n1.Cl. The summed E-state index contributed by atoms with van der Waals surface area (Å²) < 4.78 is 0. The second-order valence-electron chi connectivity index (χ2n) is 3.97. The largest absolute Gasteiger partial charge is 0.353 e. The van der Waals surface area contributed by atoms with Crippen molar-refractivity contribution in [3.63, 3.8) is 0 Å². The molecule has 0 aliphatic carbocycles. The average molecular weight is 233 g/mol. The van der Waals surface area contributed by atoms with Crippen molar-refractivity contribution in [1.82, 2.24) is 9.97 Å². The lowest BCUT2D eigenvalue weighted by atomic mass is 10.2. The smallest absolute Gasteiger partial charge is 0.0963 e. The second-order valence-corrected chi connectivity index (χ2v) is 3.97. The Morgan fingerprint density at radius 1 is 1.12 bits per heavy atom. The van der Waals surface area contributed by atoms with Gasteiger partial charge in [0.05, 0.1) is 11.0 Å². The fourth-order valence-corrected chi connectivity index (χ4v) is 2.12. The molecule has 1 aromatic carbocycles. The summed E-state index contributed by atoms with van der Waals surface area (Å²) in [5, 5.41) is 1.21. The van der Waals surface area contributed by atoms with Gasteiger partial charge in [0.15, 0.2) is 0 Å². The third kappa shape index (κ3) is 1.46. The standard InChI is InChI=1S/C13H12N2.ClH/c1-8-7-9(2)14-13-10-5-3-4-6-11(10)15-12(8)13;/h3-7,15H,1-2H3;1H. The highest BCUT2D eigenvalue weighted by Gasteiger charge is 2.07. The fourth-order valence-electron chi connectivity index (χ4n) is 2.12. The van der Waals surface area contributed by atoms with Crippen LogP contribution in [0.15, 0.2) is 30.3 Å². The Bertz CT molecular complexity index is 655. The van der Waals surface area contributed by atoms with Gasteiger partial charge >= 0.3 is 0 Å². The lowest BCUT2D eigenvalue weighted by Gasteiger charge is -1.97. The van der Waals surface area contributed by atoms with E-state index in [0.717, 1.165) is 22.2 Å². The van der Waals surface area contributed by atoms with Gasteiger partial charge < -0.3 is 4.98 Å². The number of aryl methyl sites for hydroxylation is 2. The van der Waals surface area contributed by atoms with Crippen LogP contribution < -0.4 is 0 Å². The molecule has 82 valence electrons. The molecule has 0 fully saturated rings. The maximum Gasteiger partial charge on any atom is 0.0963 e. The minimum atomic E-state index is 0. The topological polar surface area (TPSA) is 28.7 Å². The molecule has 0 saturated carbocycles. The van der Waals surface area contributed by atoms with Gasteiger partial charge in [-0.2, -0.15) is 0 Å². The van der Waals surface area contributed by atoms with Gasteiger partial charge in [-0.1, -0.05) is 18.2 Å². The summed E-state index contributed by atoms with van der Waals surface area (Å²) >= 11 is 0. The van der Waals surface area contributed by atoms with Crippen molar-refractivity contribution in [3.05, 3.63) is 41.6 Å². The monoisotopic (exact) mass is 232 g/mol. The normalized spacial score (nSPS) is 10.6. The number of aromatic amines is 1. The minimum Gasteiger partial charge on any atom is -0.353 e. The molecule has 2 heterocycles. The average Bonchev–Trinajstić information content (AvgIpc) is 2.57. The van der Waals surface area contributed by atoms with Crippen LogP contribution in [0.3, 0.4) is 0 Å². The van der Waals surface area contributed by atoms with E-state index in [1.807, 2.05) is 13.0 Å². The maximum atomic E-state index is 4.59. The number of benzene rings is 1. The summed E-state index contributed by atoms with van der Waals surface area (Å²) in [6.07, 6.45) is 0. The molecule has 3 heteroatoms. The van der Waals surface area contributed by atoms with Crippen LogP contribution in [-0.4, -0.2) is 9.97 Å². The second kappa shape index (κ2) is 3.80. The molecule has 2 nitrogen and oxygen atoms in total. The van der Waals surface area contributed by atoms with E-state index in [1.54, 1.807) is 0 Å². The van der Waals surface area contributed by atoms with Crippen LogP contribution in [0.1, 0.15) is 11.3 Å². The molecule has 1 N–H and O–H groups in total. The Labute approximate surface area is 100 Å². The highest BCUT2D eigenvalue weighted by molar-refractivity contribution is 6.05. The van der Waals surface area contributed by atoms with Gasteiger partial charge in [0.1, 0.15) is 0 Å². The first kappa shape index (κ1) is 11.0. The van der Waals surface area contributed by atoms with Crippen molar-refractivity contribution in [2.24, 2.45) is 0 Å². The van der Waals surface area contributed by atoms with Crippen molar-refractivity contribution in [2.45, 2.75) is 13.8 Å². The lowest BCUT2D eigenvalue weighted by molar-refractivity contribution is 1.23. The van der Waals surface area contributed by atoms with Crippen molar-refractivity contribution in [2.75, 3.05) is 0 Å². The van der Waals surface area contributed by atoms with Crippen LogP contribution in [-0.2, 0) is 0 Å². The molecule has 0 aliphatic rings. The van der Waals surface area contributed by atoms with E-state index in [0.29, 0.717) is 0 Å². The molecule has 0 aliphatic heterocycles. The molecular weight excluding hydrogens is 220 g/mol. The molecule has 0 bridgehead atoms. The summed E-state index contributed by atoms with van der Waals surface area (Å²) in [7, 11) is 0. The van der Waals surface area contributed by atoms with Crippen molar-refractivity contribution >= 4 is 34.3 Å².